The Hall–Kier alpha value is -1.97. The van der Waals surface area contributed by atoms with Gasteiger partial charge >= 0.3 is 5.97 Å². The van der Waals surface area contributed by atoms with Crippen molar-refractivity contribution in [3.63, 3.8) is 0 Å². The van der Waals surface area contributed by atoms with E-state index in [1.807, 2.05) is 0 Å². The molecule has 78 valence electrons. The van der Waals surface area contributed by atoms with Gasteiger partial charge in [0, 0.05) is 12.5 Å². The van der Waals surface area contributed by atoms with Crippen LogP contribution in [0.4, 0.5) is 0 Å². The summed E-state index contributed by atoms with van der Waals surface area (Å²) in [7, 11) is 0. The zero-order valence-corrected chi connectivity index (χ0v) is 8.19. The number of benzene rings is 1. The van der Waals surface area contributed by atoms with Crippen LogP contribution in [-0.4, -0.2) is 22.6 Å². The van der Waals surface area contributed by atoms with Crippen molar-refractivity contribution in [3.05, 3.63) is 35.4 Å². The van der Waals surface area contributed by atoms with Gasteiger partial charge in [-0.3, -0.25) is 14.4 Å². The van der Waals surface area contributed by atoms with Crippen LogP contribution < -0.4 is 0 Å². The zero-order valence-electron chi connectivity index (χ0n) is 8.19. The van der Waals surface area contributed by atoms with E-state index in [1.54, 1.807) is 0 Å². The minimum absolute atomic E-state index is 0.0887. The summed E-state index contributed by atoms with van der Waals surface area (Å²) in [5.74, 6) is -2.02. The second-order valence-electron chi connectivity index (χ2n) is 3.15. The van der Waals surface area contributed by atoms with Crippen LogP contribution in [0.25, 0.3) is 0 Å². The lowest BCUT2D eigenvalue weighted by atomic mass is 10.0. The molecule has 0 aliphatic rings. The predicted molar refractivity (Wildman–Crippen MR) is 52.8 cm³/mol. The van der Waals surface area contributed by atoms with Crippen LogP contribution in [0.2, 0.25) is 0 Å². The van der Waals surface area contributed by atoms with Gasteiger partial charge in [-0.15, -0.1) is 0 Å². The minimum atomic E-state index is -0.930. The second kappa shape index (κ2) is 4.50. The Bertz CT molecular complexity index is 403. The van der Waals surface area contributed by atoms with Gasteiger partial charge in [-0.2, -0.15) is 0 Å². The molecular formula is C11H10O4. The molecule has 4 nitrogen and oxygen atoms in total. The van der Waals surface area contributed by atoms with E-state index in [2.05, 4.69) is 0 Å². The zero-order chi connectivity index (χ0) is 11.4. The molecule has 0 unspecified atom stereocenters. The van der Waals surface area contributed by atoms with E-state index in [1.165, 1.54) is 31.2 Å². The van der Waals surface area contributed by atoms with E-state index in [0.717, 1.165) is 0 Å². The summed E-state index contributed by atoms with van der Waals surface area (Å²) in [5, 5.41) is 8.51. The number of ketones is 2. The summed E-state index contributed by atoms with van der Waals surface area (Å²) >= 11 is 0. The maximum absolute atomic E-state index is 11.2. The highest BCUT2D eigenvalue weighted by Crippen LogP contribution is 2.06. The SMILES string of the molecule is CC(=O)C(=O)c1ccc(CC(=O)O)cc1. The summed E-state index contributed by atoms with van der Waals surface area (Å²) in [6.45, 7) is 1.20. The first-order chi connectivity index (χ1) is 7.00. The molecule has 0 spiro atoms. The van der Waals surface area contributed by atoms with Crippen molar-refractivity contribution in [1.82, 2.24) is 0 Å². The molecule has 0 amide bonds. The number of aliphatic carboxylic acids is 1. The Morgan fingerprint density at radius 2 is 1.67 bits per heavy atom. The van der Waals surface area contributed by atoms with Gasteiger partial charge in [-0.05, 0) is 5.56 Å². The van der Waals surface area contributed by atoms with Crippen LogP contribution in [0, 0.1) is 0 Å². The Morgan fingerprint density at radius 1 is 1.13 bits per heavy atom. The van der Waals surface area contributed by atoms with Crippen molar-refractivity contribution >= 4 is 17.5 Å². The Kier molecular flexibility index (Phi) is 3.33. The van der Waals surface area contributed by atoms with E-state index in [-0.39, 0.29) is 12.0 Å². The summed E-state index contributed by atoms with van der Waals surface area (Å²) in [6, 6.07) is 5.98. The van der Waals surface area contributed by atoms with Crippen LogP contribution in [0.3, 0.4) is 0 Å². The standard InChI is InChI=1S/C11H10O4/c1-7(12)11(15)9-4-2-8(3-5-9)6-10(13)14/h2-5H,6H2,1H3,(H,13,14). The van der Waals surface area contributed by atoms with E-state index >= 15 is 0 Å². The first-order valence-electron chi connectivity index (χ1n) is 4.36. The lowest BCUT2D eigenvalue weighted by molar-refractivity contribution is -0.136. The van der Waals surface area contributed by atoms with Gasteiger partial charge in [0.25, 0.3) is 0 Å². The normalized spacial score (nSPS) is 9.67. The van der Waals surface area contributed by atoms with Gasteiger partial charge < -0.3 is 5.11 Å². The summed E-state index contributed by atoms with van der Waals surface area (Å²) < 4.78 is 0. The molecule has 4 heteroatoms. The van der Waals surface area contributed by atoms with Crippen molar-refractivity contribution in [1.29, 1.82) is 0 Å². The van der Waals surface area contributed by atoms with E-state index in [4.69, 9.17) is 5.11 Å². The Morgan fingerprint density at radius 3 is 2.07 bits per heavy atom. The van der Waals surface area contributed by atoms with Crippen LogP contribution in [-0.2, 0) is 16.0 Å². The van der Waals surface area contributed by atoms with Crippen molar-refractivity contribution in [2.45, 2.75) is 13.3 Å². The number of hydrogen-bond acceptors (Lipinski definition) is 3. The molecule has 0 radical (unpaired) electrons. The van der Waals surface area contributed by atoms with Gasteiger partial charge in [-0.1, -0.05) is 24.3 Å². The second-order valence-corrected chi connectivity index (χ2v) is 3.15. The molecule has 1 aromatic rings. The fourth-order valence-corrected chi connectivity index (χ4v) is 1.15. The highest BCUT2D eigenvalue weighted by Gasteiger charge is 2.10. The third kappa shape index (κ3) is 3.02. The topological polar surface area (TPSA) is 71.4 Å². The maximum atomic E-state index is 11.2. The van der Waals surface area contributed by atoms with Gasteiger partial charge in [-0.25, -0.2) is 0 Å². The number of Topliss-reactive ketones (excluding diaryl/α,β-unsaturated/α-hetero) is 2. The molecule has 0 fully saturated rings. The minimum Gasteiger partial charge on any atom is -0.481 e. The molecule has 15 heavy (non-hydrogen) atoms. The molecular weight excluding hydrogens is 196 g/mol. The molecule has 0 saturated carbocycles. The van der Waals surface area contributed by atoms with Gasteiger partial charge in [0.2, 0.25) is 5.78 Å². The molecule has 1 rings (SSSR count). The molecule has 0 aromatic heterocycles. The first-order valence-corrected chi connectivity index (χ1v) is 4.36. The Balaban J connectivity index is 2.85. The average Bonchev–Trinajstić information content (AvgIpc) is 2.17. The van der Waals surface area contributed by atoms with Crippen LogP contribution >= 0.6 is 0 Å². The molecule has 0 aliphatic heterocycles. The lowest BCUT2D eigenvalue weighted by Crippen LogP contribution is -2.09. The van der Waals surface area contributed by atoms with Crippen LogP contribution in [0.15, 0.2) is 24.3 Å². The summed E-state index contributed by atoms with van der Waals surface area (Å²) in [5.41, 5.74) is 0.888. The van der Waals surface area contributed by atoms with E-state index < -0.39 is 17.5 Å². The maximum Gasteiger partial charge on any atom is 0.307 e. The number of hydrogen-bond donors (Lipinski definition) is 1. The first kappa shape index (κ1) is 11.1. The van der Waals surface area contributed by atoms with Gasteiger partial charge in [0.15, 0.2) is 5.78 Å². The monoisotopic (exact) mass is 206 g/mol. The molecule has 1 N–H and O–H groups in total. The predicted octanol–water partition coefficient (Wildman–Crippen LogP) is 1.09. The average molecular weight is 206 g/mol. The highest BCUT2D eigenvalue weighted by molar-refractivity contribution is 6.42. The fraction of sp³-hybridized carbons (Fsp3) is 0.182. The van der Waals surface area contributed by atoms with Gasteiger partial charge in [0.05, 0.1) is 6.42 Å². The number of carbonyl (C=O) groups is 3. The molecule has 0 heterocycles. The van der Waals surface area contributed by atoms with Crippen molar-refractivity contribution in [3.8, 4) is 0 Å². The quantitative estimate of drug-likeness (QED) is 0.591. The van der Waals surface area contributed by atoms with Crippen LogP contribution in [0.1, 0.15) is 22.8 Å². The van der Waals surface area contributed by atoms with Gasteiger partial charge in [0.1, 0.15) is 0 Å². The number of carbonyl (C=O) groups excluding carboxylic acids is 2. The van der Waals surface area contributed by atoms with E-state index in [0.29, 0.717) is 5.56 Å². The number of carboxylic acid groups (broad SMARTS) is 1. The molecule has 0 atom stereocenters. The third-order valence-corrected chi connectivity index (χ3v) is 1.89. The van der Waals surface area contributed by atoms with E-state index in [9.17, 15) is 14.4 Å². The summed E-state index contributed by atoms with van der Waals surface area (Å²) in [4.78, 5) is 32.3. The fourth-order valence-electron chi connectivity index (χ4n) is 1.15. The smallest absolute Gasteiger partial charge is 0.307 e. The largest absolute Gasteiger partial charge is 0.481 e. The van der Waals surface area contributed by atoms with Crippen molar-refractivity contribution < 1.29 is 19.5 Å². The van der Waals surface area contributed by atoms with Crippen molar-refractivity contribution in [2.24, 2.45) is 0 Å². The summed E-state index contributed by atoms with van der Waals surface area (Å²) in [6.07, 6.45) is -0.0887. The third-order valence-electron chi connectivity index (χ3n) is 1.89. The van der Waals surface area contributed by atoms with Crippen molar-refractivity contribution in [2.75, 3.05) is 0 Å². The van der Waals surface area contributed by atoms with Crippen LogP contribution in [0.5, 0.6) is 0 Å². The molecule has 0 bridgehead atoms. The highest BCUT2D eigenvalue weighted by atomic mass is 16.4. The number of carboxylic acids is 1. The number of rotatable bonds is 4. The Labute approximate surface area is 86.5 Å². The molecule has 0 aliphatic carbocycles. The molecule has 1 aromatic carbocycles. The lowest BCUT2D eigenvalue weighted by Gasteiger charge is -1.99. The molecule has 0 saturated heterocycles.